The number of benzene rings is 2. The van der Waals surface area contributed by atoms with Gasteiger partial charge in [-0.05, 0) is 11.6 Å². The van der Waals surface area contributed by atoms with E-state index in [0.717, 1.165) is 0 Å². The first kappa shape index (κ1) is 24.2. The van der Waals surface area contributed by atoms with Crippen LogP contribution in [-0.2, 0) is 21.0 Å². The van der Waals surface area contributed by atoms with Crippen LogP contribution in [0.25, 0.3) is 0 Å². The number of rotatable bonds is 9. The van der Waals surface area contributed by atoms with E-state index < -0.39 is 5.97 Å². The molecule has 160 valence electrons. The molecular formula is C20H17Cl4NO5. The Balaban J connectivity index is 2.21. The van der Waals surface area contributed by atoms with Crippen LogP contribution in [0.2, 0.25) is 10.0 Å². The van der Waals surface area contributed by atoms with Crippen LogP contribution in [0.1, 0.15) is 11.1 Å². The Morgan fingerprint density at radius 2 is 1.73 bits per heavy atom. The van der Waals surface area contributed by atoms with Crippen molar-refractivity contribution in [2.45, 2.75) is 6.61 Å². The predicted molar refractivity (Wildman–Crippen MR) is 118 cm³/mol. The number of hydrogen-bond acceptors (Lipinski definition) is 6. The maximum Gasteiger partial charge on any atom is 0.360 e. The summed E-state index contributed by atoms with van der Waals surface area (Å²) in [5, 5.41) is 4.27. The van der Waals surface area contributed by atoms with Gasteiger partial charge in [-0.25, -0.2) is 4.79 Å². The zero-order valence-corrected chi connectivity index (χ0v) is 19.0. The fourth-order valence-corrected chi connectivity index (χ4v) is 3.07. The average molecular weight is 493 g/mol. The van der Waals surface area contributed by atoms with E-state index in [-0.39, 0.29) is 39.2 Å². The van der Waals surface area contributed by atoms with Crippen LogP contribution in [0.4, 0.5) is 0 Å². The van der Waals surface area contributed by atoms with Crippen LogP contribution in [0.5, 0.6) is 11.5 Å². The minimum absolute atomic E-state index is 0.0185. The Hall–Kier alpha value is -2.12. The highest BCUT2D eigenvalue weighted by molar-refractivity contribution is 6.55. The molecule has 0 aliphatic heterocycles. The van der Waals surface area contributed by atoms with Gasteiger partial charge in [0.15, 0.2) is 11.5 Å². The highest BCUT2D eigenvalue weighted by Crippen LogP contribution is 2.37. The average Bonchev–Trinajstić information content (AvgIpc) is 2.72. The summed E-state index contributed by atoms with van der Waals surface area (Å²) in [5.74, 6) is 0.0430. The molecule has 10 heteroatoms. The molecule has 0 N–H and O–H groups in total. The van der Waals surface area contributed by atoms with E-state index in [1.807, 2.05) is 0 Å². The molecule has 2 aromatic rings. The first-order chi connectivity index (χ1) is 14.4. The molecule has 0 atom stereocenters. The minimum atomic E-state index is -0.636. The van der Waals surface area contributed by atoms with Crippen molar-refractivity contribution in [2.24, 2.45) is 5.16 Å². The van der Waals surface area contributed by atoms with Crippen LogP contribution < -0.4 is 9.47 Å². The van der Waals surface area contributed by atoms with Crippen LogP contribution in [-0.4, -0.2) is 32.5 Å². The normalized spacial score (nSPS) is 10.9. The summed E-state index contributed by atoms with van der Waals surface area (Å²) in [5.41, 5.74) is 1.20. The molecule has 0 aliphatic rings. The van der Waals surface area contributed by atoms with Crippen molar-refractivity contribution < 1.29 is 23.8 Å². The molecule has 0 amide bonds. The van der Waals surface area contributed by atoms with E-state index >= 15 is 0 Å². The number of carbonyl (C=O) groups excluding carboxylic acids is 1. The molecule has 0 spiro atoms. The van der Waals surface area contributed by atoms with Crippen molar-refractivity contribution in [3.05, 3.63) is 68.1 Å². The second kappa shape index (κ2) is 11.9. The second-order valence-corrected chi connectivity index (χ2v) is 7.40. The Morgan fingerprint density at radius 1 is 1.07 bits per heavy atom. The number of hydrogen-bond donors (Lipinski definition) is 0. The van der Waals surface area contributed by atoms with Crippen molar-refractivity contribution in [2.75, 3.05) is 20.8 Å². The molecule has 0 radical (unpaired) electrons. The summed E-state index contributed by atoms with van der Waals surface area (Å²) in [6, 6.07) is 10.2. The molecule has 30 heavy (non-hydrogen) atoms. The largest absolute Gasteiger partial charge is 0.489 e. The van der Waals surface area contributed by atoms with Gasteiger partial charge in [-0.3, -0.25) is 0 Å². The fourth-order valence-electron chi connectivity index (χ4n) is 2.37. The summed E-state index contributed by atoms with van der Waals surface area (Å²) in [4.78, 5) is 16.8. The molecule has 0 aliphatic carbocycles. The number of halogens is 4. The van der Waals surface area contributed by atoms with Gasteiger partial charge in [0.05, 0.1) is 17.2 Å². The number of carbonyl (C=O) groups is 1. The predicted octanol–water partition coefficient (Wildman–Crippen LogP) is 5.79. The van der Waals surface area contributed by atoms with Gasteiger partial charge in [0, 0.05) is 17.7 Å². The molecule has 0 saturated carbocycles. The van der Waals surface area contributed by atoms with Gasteiger partial charge >= 0.3 is 5.97 Å². The highest BCUT2D eigenvalue weighted by Gasteiger charge is 2.19. The fraction of sp³-hybridized carbons (Fsp3) is 0.200. The van der Waals surface area contributed by atoms with Crippen LogP contribution in [0.3, 0.4) is 0 Å². The summed E-state index contributed by atoms with van der Waals surface area (Å²) in [7, 11) is 2.60. The Labute approximate surface area is 193 Å². The maximum absolute atomic E-state index is 12.0. The molecule has 0 unspecified atom stereocenters. The van der Waals surface area contributed by atoms with Crippen molar-refractivity contribution in [1.29, 1.82) is 0 Å². The highest BCUT2D eigenvalue weighted by atomic mass is 35.5. The zero-order chi connectivity index (χ0) is 22.1. The first-order valence-corrected chi connectivity index (χ1v) is 9.92. The van der Waals surface area contributed by atoms with Gasteiger partial charge in [-0.2, -0.15) is 0 Å². The van der Waals surface area contributed by atoms with E-state index in [9.17, 15) is 4.79 Å². The molecular weight excluding hydrogens is 476 g/mol. The Morgan fingerprint density at radius 3 is 2.33 bits per heavy atom. The van der Waals surface area contributed by atoms with Crippen LogP contribution >= 0.6 is 46.4 Å². The van der Waals surface area contributed by atoms with Gasteiger partial charge in [-0.1, -0.05) is 75.8 Å². The van der Waals surface area contributed by atoms with Crippen molar-refractivity contribution in [3.63, 3.8) is 0 Å². The minimum Gasteiger partial charge on any atom is -0.489 e. The topological polar surface area (TPSA) is 66.4 Å². The number of oxime groups is 1. The van der Waals surface area contributed by atoms with Crippen LogP contribution in [0, 0.1) is 0 Å². The molecule has 2 rings (SSSR count). The van der Waals surface area contributed by atoms with Crippen LogP contribution in [0.15, 0.2) is 52.1 Å². The molecule has 2 aromatic carbocycles. The van der Waals surface area contributed by atoms with Gasteiger partial charge < -0.3 is 19.0 Å². The molecule has 0 bridgehead atoms. The lowest BCUT2D eigenvalue weighted by Crippen LogP contribution is -2.19. The quantitative estimate of drug-likeness (QED) is 0.251. The summed E-state index contributed by atoms with van der Waals surface area (Å²) >= 11 is 23.6. The van der Waals surface area contributed by atoms with Crippen molar-refractivity contribution in [3.8, 4) is 11.5 Å². The zero-order valence-electron chi connectivity index (χ0n) is 16.0. The second-order valence-electron chi connectivity index (χ2n) is 5.58. The standard InChI is InChI=1S/C20H17Cl4NO5/c1-27-20(26)18(25-28-2)14-6-4-3-5-12(14)11-30-13-9-15(21)19(16(22)10-13)29-8-7-17(23)24/h3-7,9-10H,8,11H2,1-2H3. The van der Waals surface area contributed by atoms with E-state index in [4.69, 9.17) is 65.5 Å². The molecule has 6 nitrogen and oxygen atoms in total. The van der Waals surface area contributed by atoms with Gasteiger partial charge in [-0.15, -0.1) is 0 Å². The van der Waals surface area contributed by atoms with Crippen molar-refractivity contribution >= 4 is 58.1 Å². The molecule has 0 heterocycles. The number of nitrogens with zero attached hydrogens (tertiary/aromatic N) is 1. The molecule has 0 fully saturated rings. The lowest BCUT2D eigenvalue weighted by molar-refractivity contribution is -0.132. The van der Waals surface area contributed by atoms with E-state index in [1.54, 1.807) is 36.4 Å². The smallest absolute Gasteiger partial charge is 0.360 e. The number of ether oxygens (including phenoxy) is 3. The number of esters is 1. The summed E-state index contributed by atoms with van der Waals surface area (Å²) < 4.78 is 16.1. The van der Waals surface area contributed by atoms with Gasteiger partial charge in [0.25, 0.3) is 0 Å². The van der Waals surface area contributed by atoms with Crippen molar-refractivity contribution in [1.82, 2.24) is 0 Å². The Kier molecular flexibility index (Phi) is 9.59. The Bertz CT molecular complexity index is 935. The van der Waals surface area contributed by atoms with Gasteiger partial charge in [0.2, 0.25) is 0 Å². The lowest BCUT2D eigenvalue weighted by Gasteiger charge is -2.14. The molecule has 0 aromatic heterocycles. The third-order valence-corrected chi connectivity index (χ3v) is 4.54. The first-order valence-electron chi connectivity index (χ1n) is 8.40. The third kappa shape index (κ3) is 6.71. The lowest BCUT2D eigenvalue weighted by atomic mass is 10.0. The maximum atomic E-state index is 12.0. The van der Waals surface area contributed by atoms with Gasteiger partial charge in [0.1, 0.15) is 30.6 Å². The SMILES string of the molecule is CON=C(C(=O)OC)c1ccccc1COc1cc(Cl)c(OCC=C(Cl)Cl)c(Cl)c1. The number of methoxy groups -OCH3 is 1. The van der Waals surface area contributed by atoms with E-state index in [1.165, 1.54) is 20.3 Å². The summed E-state index contributed by atoms with van der Waals surface area (Å²) in [6.07, 6.45) is 1.46. The van der Waals surface area contributed by atoms with E-state index in [2.05, 4.69) is 5.16 Å². The summed E-state index contributed by atoms with van der Waals surface area (Å²) in [6.45, 7) is 0.206. The molecule has 0 saturated heterocycles. The third-order valence-electron chi connectivity index (χ3n) is 3.67. The monoisotopic (exact) mass is 491 g/mol. The van der Waals surface area contributed by atoms with E-state index in [0.29, 0.717) is 16.9 Å².